The minimum Gasteiger partial charge on any atom is -0.397 e. The summed E-state index contributed by atoms with van der Waals surface area (Å²) in [6.45, 7) is 6.65. The summed E-state index contributed by atoms with van der Waals surface area (Å²) in [5.41, 5.74) is 9.85. The Bertz CT molecular complexity index is 1740. The van der Waals surface area contributed by atoms with Crippen molar-refractivity contribution < 1.29 is 29.0 Å². The number of hydrogen-bond donors (Lipinski definition) is 5. The molecule has 0 unspecified atom stereocenters. The average molecular weight is 740 g/mol. The maximum atomic E-state index is 13.8. The van der Waals surface area contributed by atoms with E-state index < -0.39 is 6.29 Å². The largest absolute Gasteiger partial charge is 0.397 e. The number of ether oxygens (including phenoxy) is 2. The fourth-order valence-corrected chi connectivity index (χ4v) is 8.22. The van der Waals surface area contributed by atoms with E-state index in [0.717, 1.165) is 42.4 Å². The first-order valence-corrected chi connectivity index (χ1v) is 19.6. The number of hydrogen-bond acceptors (Lipinski definition) is 8. The summed E-state index contributed by atoms with van der Waals surface area (Å²) >= 11 is 0. The molecule has 0 aromatic heterocycles. The third-order valence-electron chi connectivity index (χ3n) is 10.8. The molecule has 3 aliphatic rings. The molecule has 290 valence electrons. The Labute approximate surface area is 319 Å². The fourth-order valence-electron chi connectivity index (χ4n) is 8.22. The van der Waals surface area contributed by atoms with Gasteiger partial charge in [0.05, 0.1) is 36.2 Å². The zero-order valence-electron chi connectivity index (χ0n) is 31.9. The first kappa shape index (κ1) is 39.4. The number of anilines is 3. The fraction of sp³-hybridized carbons (Fsp3) is 0.512. The minimum absolute atomic E-state index is 0.0375. The first-order chi connectivity index (χ1) is 26.0. The van der Waals surface area contributed by atoms with Crippen LogP contribution in [0.25, 0.3) is 0 Å². The number of nitrogens with zero attached hydrogens (tertiary/aromatic N) is 1. The van der Waals surface area contributed by atoms with Gasteiger partial charge in [-0.3, -0.25) is 19.3 Å². The lowest BCUT2D eigenvalue weighted by Crippen LogP contribution is -2.61. The van der Waals surface area contributed by atoms with Gasteiger partial charge in [-0.1, -0.05) is 61.4 Å². The van der Waals surface area contributed by atoms with Gasteiger partial charge in [0.25, 0.3) is 0 Å². The number of carbonyl (C=O) groups excluding carboxylic acids is 3. The molecular formula is C43H57N5O6. The summed E-state index contributed by atoms with van der Waals surface area (Å²) in [6.07, 6.45) is 6.69. The van der Waals surface area contributed by atoms with Crippen LogP contribution >= 0.6 is 0 Å². The van der Waals surface area contributed by atoms with Gasteiger partial charge in [0.15, 0.2) is 6.29 Å². The van der Waals surface area contributed by atoms with Gasteiger partial charge in [-0.25, -0.2) is 0 Å². The van der Waals surface area contributed by atoms with Crippen LogP contribution in [-0.2, 0) is 30.5 Å². The van der Waals surface area contributed by atoms with Crippen molar-refractivity contribution >= 4 is 34.8 Å². The second-order valence-electron chi connectivity index (χ2n) is 16.2. The Morgan fingerprint density at radius 3 is 2.33 bits per heavy atom. The molecule has 2 heterocycles. The van der Waals surface area contributed by atoms with Crippen LogP contribution in [0.5, 0.6) is 0 Å². The highest BCUT2D eigenvalue weighted by atomic mass is 16.7. The number of nitrogens with one attached hydrogen (secondary N) is 3. The zero-order chi connectivity index (χ0) is 38.2. The second kappa shape index (κ2) is 17.9. The topological polar surface area (TPSA) is 155 Å². The Balaban J connectivity index is 1.16. The molecule has 0 radical (unpaired) electrons. The molecule has 0 bridgehead atoms. The molecule has 3 amide bonds. The molecule has 11 nitrogen and oxygen atoms in total. The number of rotatable bonds is 12. The summed E-state index contributed by atoms with van der Waals surface area (Å²) in [5, 5.41) is 18.7. The van der Waals surface area contributed by atoms with E-state index in [9.17, 15) is 19.5 Å². The number of aliphatic hydroxyl groups is 1. The van der Waals surface area contributed by atoms with Crippen molar-refractivity contribution in [2.24, 2.45) is 5.92 Å². The quantitative estimate of drug-likeness (QED) is 0.125. The molecule has 0 spiro atoms. The molecule has 2 aliphatic heterocycles. The third kappa shape index (κ3) is 10.5. The van der Waals surface area contributed by atoms with E-state index in [2.05, 4.69) is 20.9 Å². The number of benzene rings is 3. The van der Waals surface area contributed by atoms with Crippen molar-refractivity contribution in [1.82, 2.24) is 10.2 Å². The van der Waals surface area contributed by atoms with E-state index in [0.29, 0.717) is 48.4 Å². The van der Waals surface area contributed by atoms with E-state index in [1.807, 2.05) is 69.3 Å². The van der Waals surface area contributed by atoms with Crippen molar-refractivity contribution in [2.75, 3.05) is 22.9 Å². The number of amides is 3. The van der Waals surface area contributed by atoms with Gasteiger partial charge in [-0.05, 0) is 94.2 Å². The van der Waals surface area contributed by atoms with Crippen LogP contribution in [0.1, 0.15) is 114 Å². The van der Waals surface area contributed by atoms with Gasteiger partial charge in [-0.2, -0.15) is 0 Å². The molecule has 3 fully saturated rings. The van der Waals surface area contributed by atoms with Crippen LogP contribution < -0.4 is 21.7 Å². The Morgan fingerprint density at radius 2 is 1.59 bits per heavy atom. The van der Waals surface area contributed by atoms with Gasteiger partial charge in [-0.15, -0.1) is 0 Å². The van der Waals surface area contributed by atoms with Gasteiger partial charge in [0.2, 0.25) is 17.7 Å². The molecule has 6 rings (SSSR count). The van der Waals surface area contributed by atoms with E-state index in [1.165, 1.54) is 12.8 Å². The van der Waals surface area contributed by atoms with E-state index in [4.69, 9.17) is 15.2 Å². The summed E-state index contributed by atoms with van der Waals surface area (Å²) < 4.78 is 13.4. The van der Waals surface area contributed by atoms with Crippen LogP contribution in [0.3, 0.4) is 0 Å². The highest BCUT2D eigenvalue weighted by molar-refractivity contribution is 5.95. The van der Waals surface area contributed by atoms with Crippen molar-refractivity contribution in [3.05, 3.63) is 89.5 Å². The summed E-state index contributed by atoms with van der Waals surface area (Å²) in [5.74, 6) is 0.258. The lowest BCUT2D eigenvalue weighted by Gasteiger charge is -2.50. The maximum Gasteiger partial charge on any atom is 0.237 e. The van der Waals surface area contributed by atoms with E-state index in [1.54, 1.807) is 24.3 Å². The molecule has 6 N–H and O–H groups in total. The van der Waals surface area contributed by atoms with Crippen LogP contribution in [0.2, 0.25) is 0 Å². The van der Waals surface area contributed by atoms with Crippen LogP contribution in [0.4, 0.5) is 17.1 Å². The molecule has 6 atom stereocenters. The van der Waals surface area contributed by atoms with Crippen molar-refractivity contribution in [3.8, 4) is 0 Å². The molecule has 1 saturated carbocycles. The molecule has 11 heteroatoms. The Kier molecular flexibility index (Phi) is 13.1. The van der Waals surface area contributed by atoms with E-state index >= 15 is 0 Å². The number of nitrogen functional groups attached to an aromatic ring is 1. The number of para-hydroxylation sites is 2. The van der Waals surface area contributed by atoms with Gasteiger partial charge in [0, 0.05) is 48.6 Å². The number of fused-ring (bicyclic) bond motifs is 1. The Hall–Kier alpha value is -4.29. The predicted octanol–water partition coefficient (Wildman–Crippen LogP) is 6.99. The summed E-state index contributed by atoms with van der Waals surface area (Å²) in [6, 6.07) is 22.5. The summed E-state index contributed by atoms with van der Waals surface area (Å²) in [4.78, 5) is 41.6. The molecule has 1 aliphatic carbocycles. The number of aliphatic hydroxyl groups excluding tert-OH is 1. The normalized spacial score (nSPS) is 24.6. The van der Waals surface area contributed by atoms with Crippen LogP contribution in [0.15, 0.2) is 72.8 Å². The second-order valence-corrected chi connectivity index (χ2v) is 16.2. The summed E-state index contributed by atoms with van der Waals surface area (Å²) in [7, 11) is 0. The third-order valence-corrected chi connectivity index (χ3v) is 10.8. The SMILES string of the molecule is CC(C)(C)NC(=O)[C@H]1CC[C@H]2CCCC[C@H]2N1C[C@H]1C[C@@H](c2ccc(CO)cc2)O[C@@H](c2cccc(NC(=O)CCCC(=O)Nc3ccccc3N)c2)O1. The molecular weight excluding hydrogens is 683 g/mol. The molecule has 54 heavy (non-hydrogen) atoms. The molecule has 3 aromatic rings. The smallest absolute Gasteiger partial charge is 0.237 e. The van der Waals surface area contributed by atoms with Gasteiger partial charge in [0.1, 0.15) is 0 Å². The first-order valence-electron chi connectivity index (χ1n) is 19.6. The van der Waals surface area contributed by atoms with E-state index in [-0.39, 0.29) is 61.0 Å². The minimum atomic E-state index is -0.717. The molecule has 3 aromatic carbocycles. The van der Waals surface area contributed by atoms with Crippen molar-refractivity contribution in [3.63, 3.8) is 0 Å². The number of carbonyl (C=O) groups is 3. The number of likely N-dealkylation sites (tertiary alicyclic amines) is 1. The number of nitrogens with two attached hydrogens (primary N) is 1. The van der Waals surface area contributed by atoms with Crippen molar-refractivity contribution in [1.29, 1.82) is 0 Å². The Morgan fingerprint density at radius 1 is 0.852 bits per heavy atom. The zero-order valence-corrected chi connectivity index (χ0v) is 31.9. The van der Waals surface area contributed by atoms with Crippen LogP contribution in [-0.4, -0.2) is 58.0 Å². The predicted molar refractivity (Wildman–Crippen MR) is 210 cm³/mol. The van der Waals surface area contributed by atoms with Gasteiger partial charge >= 0.3 is 0 Å². The monoisotopic (exact) mass is 739 g/mol. The molecule has 2 saturated heterocycles. The van der Waals surface area contributed by atoms with Gasteiger partial charge < -0.3 is 36.3 Å². The number of piperidine rings is 1. The van der Waals surface area contributed by atoms with Crippen LogP contribution in [0, 0.1) is 5.92 Å². The standard InChI is InChI=1S/C43H57N5O6/c1-43(2,3)47-41(52)37-23-22-29-10-4-7-15-36(29)48(37)26-33-25-38(30-20-18-28(27-49)19-21-30)54-42(53-33)31-11-8-12-32(24-31)45-39(50)16-9-17-40(51)46-35-14-6-5-13-34(35)44/h5-6,8,11-14,18-21,24,29,33,36-38,42,49H,4,7,9-10,15-17,22-23,25-27,44H2,1-3H3,(H,45,50)(H,46,51)(H,47,52)/t29-,33-,36-,37-,38+,42+/m1/s1. The average Bonchev–Trinajstić information content (AvgIpc) is 3.15. The lowest BCUT2D eigenvalue weighted by molar-refractivity contribution is -0.255. The van der Waals surface area contributed by atoms with Crippen molar-refractivity contribution in [2.45, 2.75) is 128 Å². The lowest BCUT2D eigenvalue weighted by atomic mass is 9.75. The highest BCUT2D eigenvalue weighted by Gasteiger charge is 2.44. The highest BCUT2D eigenvalue weighted by Crippen LogP contribution is 2.42. The maximum absolute atomic E-state index is 13.8.